The average Bonchev–Trinajstić information content (AvgIpc) is 0.790. The van der Waals surface area contributed by atoms with E-state index in [1.807, 2.05) is 43.3 Å². The molecule has 107 heavy (non-hydrogen) atoms. The molecule has 0 saturated heterocycles. The molecule has 0 bridgehead atoms. The van der Waals surface area contributed by atoms with E-state index >= 15 is 0 Å². The molecule has 0 aliphatic heterocycles. The predicted molar refractivity (Wildman–Crippen MR) is 446 cm³/mol. The number of nitrogens with zero attached hydrogens (tertiary/aromatic N) is 6. The molecule has 22 heteroatoms. The van der Waals surface area contributed by atoms with Crippen LogP contribution < -0.4 is 29.8 Å². The van der Waals surface area contributed by atoms with Gasteiger partial charge in [-0.3, -0.25) is 0 Å². The van der Waals surface area contributed by atoms with Gasteiger partial charge in [-0.25, -0.2) is 15.0 Å². The number of halogens is 4. The fourth-order valence-corrected chi connectivity index (χ4v) is 11.5. The molecular formula is C85H84B4BrCl3LiN6O7. The second kappa shape index (κ2) is 45.9. The number of aryl methyl sites for hydroxylation is 6. The molecule has 0 fully saturated rings. The van der Waals surface area contributed by atoms with Crippen molar-refractivity contribution in [2.45, 2.75) is 62.3 Å². The minimum atomic E-state index is -1.40. The van der Waals surface area contributed by atoms with Crippen molar-refractivity contribution in [3.05, 3.63) is 327 Å². The van der Waals surface area contributed by atoms with Crippen molar-refractivity contribution in [2.75, 3.05) is 21.3 Å². The Labute approximate surface area is 669 Å². The molecule has 13 aromatic rings. The molecule has 0 atom stereocenters. The normalized spacial score (nSPS) is 10.1. The third-order valence-electron chi connectivity index (χ3n) is 16.0. The number of hydrogen-bond acceptors (Lipinski definition) is 13. The maximum atomic E-state index is 9.00. The van der Waals surface area contributed by atoms with Gasteiger partial charge in [0.05, 0.1) is 0 Å². The van der Waals surface area contributed by atoms with Crippen LogP contribution in [0.15, 0.2) is 271 Å². The summed E-state index contributed by atoms with van der Waals surface area (Å²) in [6.07, 6.45) is 0. The molecule has 2 aromatic heterocycles. The van der Waals surface area contributed by atoms with Gasteiger partial charge >= 0.3 is 40.4 Å². The van der Waals surface area contributed by atoms with Crippen LogP contribution in [-0.2, 0) is 14.0 Å². The molecule has 537 valence electrons. The van der Waals surface area contributed by atoms with E-state index in [4.69, 9.17) is 69.9 Å². The van der Waals surface area contributed by atoms with E-state index in [0.29, 0.717) is 28.4 Å². The Balaban J connectivity index is 0.000000269. The summed E-state index contributed by atoms with van der Waals surface area (Å²) in [7, 11) is 1.28. The minimum Gasteiger partial charge on any atom is -0.423 e. The topological polar surface area (TPSA) is 186 Å². The van der Waals surface area contributed by atoms with E-state index < -0.39 is 21.6 Å². The van der Waals surface area contributed by atoms with Gasteiger partial charge in [-0.1, -0.05) is 276 Å². The fraction of sp³-hybridized carbons (Fsp3) is 0.141. The summed E-state index contributed by atoms with van der Waals surface area (Å²) < 4.78 is 14.9. The van der Waals surface area contributed by atoms with Gasteiger partial charge in [0.25, 0.3) is 0 Å². The molecule has 3 radical (unpaired) electrons. The summed E-state index contributed by atoms with van der Waals surface area (Å²) in [5.74, 6) is 3.37. The van der Waals surface area contributed by atoms with Gasteiger partial charge in [0.2, 0.25) is 15.9 Å². The molecule has 0 aliphatic rings. The van der Waals surface area contributed by atoms with Crippen molar-refractivity contribution in [1.82, 2.24) is 29.9 Å². The van der Waals surface area contributed by atoms with Crippen LogP contribution in [0.2, 0.25) is 15.9 Å². The van der Waals surface area contributed by atoms with Gasteiger partial charge in [0.15, 0.2) is 17.5 Å². The summed E-state index contributed by atoms with van der Waals surface area (Å²) >= 11 is 19.4. The van der Waals surface area contributed by atoms with E-state index in [2.05, 4.69) is 306 Å². The standard InChI is InChI=1S/C42H33N3.C13H13BO2.C13H11Br.C7H9BO2.C4H9.C3H9BO3.C3Cl3N3.B.Li/c1-28-10-4-7-13-37(28)31-16-22-34(23-17-31)40-43-41(35-24-18-32(19-25-35)38-14-8-5-11-29(38)2)45-42(44-40)36-26-20-33(21-27-36)39-15-9-6-12-30(39)3;1-10-4-2-3-5-13(10)11-6-8-12(9-7-11)14(15)16;1-10-4-2-3-5-13(10)11-6-8-12(14)9-7-11;1-6-4-2-3-5-7(6)8(9)10;1-4(2)3;1-5-4(6-2)7-3;4-1-7-2(5)9-3(6)8-1;;/h4-27H,1-3H3;2-9,15-16H,1H3;2-9H,1H3;2-5,9-10H,1H3;1-3H3;1-3H3;;;/q;;;;-1;;;;+1. The Hall–Kier alpha value is -8.63. The molecule has 0 aliphatic carbocycles. The van der Waals surface area contributed by atoms with Crippen molar-refractivity contribution < 1.29 is 52.9 Å². The van der Waals surface area contributed by atoms with E-state index in [9.17, 15) is 0 Å². The quantitative estimate of drug-likeness (QED) is 0.0632. The first-order chi connectivity index (χ1) is 50.5. The average molecular weight is 1540 g/mol. The van der Waals surface area contributed by atoms with Crippen LogP contribution in [0.4, 0.5) is 0 Å². The Kier molecular flexibility index (Phi) is 38.2. The van der Waals surface area contributed by atoms with E-state index in [1.165, 1.54) is 105 Å². The fourth-order valence-electron chi connectivity index (χ4n) is 10.6. The van der Waals surface area contributed by atoms with Gasteiger partial charge in [-0.2, -0.15) is 35.7 Å². The summed E-state index contributed by atoms with van der Waals surface area (Å²) in [4.78, 5) is 25.4. The molecule has 0 amide bonds. The number of aromatic nitrogens is 6. The maximum absolute atomic E-state index is 9.00. The summed E-state index contributed by atoms with van der Waals surface area (Å²) in [6, 6.07) is 90.2. The zero-order valence-electron chi connectivity index (χ0n) is 62.4. The van der Waals surface area contributed by atoms with Crippen LogP contribution in [-0.4, -0.2) is 101 Å². The van der Waals surface area contributed by atoms with Gasteiger partial charge in [-0.05, 0) is 183 Å². The molecule has 0 unspecified atom stereocenters. The second-order valence-electron chi connectivity index (χ2n) is 24.5. The van der Waals surface area contributed by atoms with E-state index in [1.54, 1.807) is 24.3 Å². The zero-order chi connectivity index (χ0) is 76.0. The van der Waals surface area contributed by atoms with Crippen molar-refractivity contribution in [3.63, 3.8) is 0 Å². The Bertz CT molecular complexity index is 4510. The third kappa shape index (κ3) is 28.1. The van der Waals surface area contributed by atoms with Crippen LogP contribution in [0.3, 0.4) is 0 Å². The molecule has 4 N–H and O–H groups in total. The molecule has 13 rings (SSSR count). The van der Waals surface area contributed by atoms with Crippen molar-refractivity contribution >= 4 is 91.6 Å². The second-order valence-corrected chi connectivity index (χ2v) is 26.4. The van der Waals surface area contributed by atoms with Gasteiger partial charge < -0.3 is 40.0 Å². The van der Waals surface area contributed by atoms with Crippen LogP contribution in [0.1, 0.15) is 54.2 Å². The number of hydrogen-bond donors (Lipinski definition) is 4. The smallest absolute Gasteiger partial charge is 0.423 e. The molecule has 11 aromatic carbocycles. The molecule has 13 nitrogen and oxygen atoms in total. The van der Waals surface area contributed by atoms with Gasteiger partial charge in [0, 0.05) is 50.9 Å². The Morgan fingerprint density at radius 1 is 0.308 bits per heavy atom. The van der Waals surface area contributed by atoms with Crippen molar-refractivity contribution in [2.24, 2.45) is 0 Å². The largest absolute Gasteiger partial charge is 1.00 e. The van der Waals surface area contributed by atoms with Gasteiger partial charge in [-0.15, -0.1) is 0 Å². The summed E-state index contributed by atoms with van der Waals surface area (Å²) in [6.45, 7) is 18.7. The molecular weight excluding hydrogens is 1450 g/mol. The molecule has 0 saturated carbocycles. The van der Waals surface area contributed by atoms with Crippen molar-refractivity contribution in [1.29, 1.82) is 0 Å². The minimum absolute atomic E-state index is 0. The van der Waals surface area contributed by atoms with Crippen LogP contribution in [0.5, 0.6) is 0 Å². The summed E-state index contributed by atoms with van der Waals surface area (Å²) in [5, 5.41) is 35.5. The number of rotatable bonds is 13. The van der Waals surface area contributed by atoms with Crippen LogP contribution >= 0.6 is 50.7 Å². The monoisotopic (exact) mass is 1540 g/mol. The first-order valence-electron chi connectivity index (χ1n) is 33.6. The summed E-state index contributed by atoms with van der Waals surface area (Å²) in [5.41, 5.74) is 23.1. The first-order valence-corrected chi connectivity index (χ1v) is 35.5. The van der Waals surface area contributed by atoms with Crippen LogP contribution in [0.25, 0.3) is 89.8 Å². The zero-order valence-corrected chi connectivity index (χ0v) is 66.3. The SMILES string of the molecule is COB(OC)OC.C[C-](C)C.Cc1ccccc1-c1ccc(-c2nc(-c3ccc(-c4ccccc4C)cc3)nc(-c3ccc(-c4ccccc4C)cc3)n2)cc1.Cc1ccccc1-c1ccc(B(O)O)cc1.Cc1ccccc1-c1ccc(Br)cc1.Cc1ccccc1B(O)O.Clc1nc(Cl)nc(Cl)n1.[B].[Li+]. The number of benzene rings is 11. The Morgan fingerprint density at radius 2 is 0.523 bits per heavy atom. The third-order valence-corrected chi connectivity index (χ3v) is 17.0. The predicted octanol–water partition coefficient (Wildman–Crippen LogP) is 16.2. The Morgan fingerprint density at radius 3 is 0.729 bits per heavy atom. The van der Waals surface area contributed by atoms with Crippen molar-refractivity contribution in [3.8, 4) is 89.8 Å². The van der Waals surface area contributed by atoms with Gasteiger partial charge in [0.1, 0.15) is 0 Å². The maximum Gasteiger partial charge on any atom is 1.00 e. The van der Waals surface area contributed by atoms with E-state index in [0.717, 1.165) is 32.3 Å². The molecule has 0 spiro atoms. The first kappa shape index (κ1) is 89.0. The van der Waals surface area contributed by atoms with E-state index in [-0.39, 0.29) is 43.1 Å². The molecule has 2 heterocycles. The van der Waals surface area contributed by atoms with Crippen LogP contribution in [0, 0.1) is 47.5 Å².